The molecule has 0 bridgehead atoms. The van der Waals surface area contributed by atoms with Crippen LogP contribution in [0.2, 0.25) is 0 Å². The van der Waals surface area contributed by atoms with E-state index in [1.165, 1.54) is 0 Å². The molecule has 0 heterocycles. The lowest BCUT2D eigenvalue weighted by atomic mass is 10.6. The topological polar surface area (TPSA) is 64.1 Å². The molecule has 0 aliphatic heterocycles. The number of nitrogens with one attached hydrogen (secondary N) is 1. The van der Waals surface area contributed by atoms with Gasteiger partial charge in [0, 0.05) is 37.7 Å². The van der Waals surface area contributed by atoms with Crippen molar-refractivity contribution in [3.63, 3.8) is 0 Å². The lowest BCUT2D eigenvalue weighted by Gasteiger charge is -2.00. The van der Waals surface area contributed by atoms with Gasteiger partial charge in [0.2, 0.25) is 0 Å². The summed E-state index contributed by atoms with van der Waals surface area (Å²) < 4.78 is 0. The maximum absolute atomic E-state index is 5.31. The van der Waals surface area contributed by atoms with Gasteiger partial charge in [0.05, 0.1) is 0 Å². The third kappa shape index (κ3) is 8.23. The Morgan fingerprint density at radius 2 is 1.80 bits per heavy atom. The highest BCUT2D eigenvalue weighted by Gasteiger charge is 1.85. The van der Waals surface area contributed by atoms with Crippen molar-refractivity contribution in [3.8, 4) is 0 Å². The number of thioether (sulfide) groups is 1. The predicted molar refractivity (Wildman–Crippen MR) is 48.3 cm³/mol. The standard InChI is InChI=1S/C6H17N3S/c7-1-3-9-4-6-10-5-2-8/h9H,1-8H2. The molecule has 0 spiro atoms. The van der Waals surface area contributed by atoms with Gasteiger partial charge in [-0.05, 0) is 0 Å². The van der Waals surface area contributed by atoms with Gasteiger partial charge in [0.25, 0.3) is 0 Å². The van der Waals surface area contributed by atoms with Gasteiger partial charge in [-0.2, -0.15) is 11.8 Å². The third-order valence-corrected chi connectivity index (χ3v) is 2.02. The number of hydrogen-bond donors (Lipinski definition) is 3. The van der Waals surface area contributed by atoms with Gasteiger partial charge in [-0.25, -0.2) is 0 Å². The zero-order valence-corrected chi connectivity index (χ0v) is 7.12. The number of nitrogens with two attached hydrogens (primary N) is 2. The van der Waals surface area contributed by atoms with Crippen LogP contribution in [-0.2, 0) is 0 Å². The second kappa shape index (κ2) is 9.23. The Morgan fingerprint density at radius 3 is 2.40 bits per heavy atom. The van der Waals surface area contributed by atoms with Crippen molar-refractivity contribution in [2.24, 2.45) is 11.5 Å². The Bertz CT molecular complexity index is 53.0. The maximum Gasteiger partial charge on any atom is 0.00748 e. The van der Waals surface area contributed by atoms with E-state index >= 15 is 0 Å². The summed E-state index contributed by atoms with van der Waals surface area (Å²) in [6.45, 7) is 3.47. The highest BCUT2D eigenvalue weighted by atomic mass is 32.2. The van der Waals surface area contributed by atoms with Gasteiger partial charge in [-0.1, -0.05) is 0 Å². The van der Waals surface area contributed by atoms with Gasteiger partial charge in [-0.3, -0.25) is 0 Å². The minimum absolute atomic E-state index is 0.724. The fourth-order valence-corrected chi connectivity index (χ4v) is 1.22. The van der Waals surface area contributed by atoms with E-state index in [0.29, 0.717) is 0 Å². The zero-order chi connectivity index (χ0) is 7.66. The molecular formula is C6H17N3S. The molecule has 3 nitrogen and oxygen atoms in total. The second-order valence-corrected chi connectivity index (χ2v) is 3.16. The minimum Gasteiger partial charge on any atom is -0.330 e. The van der Waals surface area contributed by atoms with Crippen LogP contribution >= 0.6 is 11.8 Å². The molecule has 0 saturated carbocycles. The summed E-state index contributed by atoms with van der Waals surface area (Å²) in [5.41, 5.74) is 10.6. The van der Waals surface area contributed by atoms with Crippen molar-refractivity contribution in [2.75, 3.05) is 37.7 Å². The molecule has 0 rings (SSSR count). The van der Waals surface area contributed by atoms with Crippen molar-refractivity contribution < 1.29 is 0 Å². The summed E-state index contributed by atoms with van der Waals surface area (Å²) in [7, 11) is 0. The molecule has 0 aromatic heterocycles. The molecule has 5 N–H and O–H groups in total. The molecular weight excluding hydrogens is 146 g/mol. The fourth-order valence-electron chi connectivity index (χ4n) is 0.557. The fraction of sp³-hybridized carbons (Fsp3) is 1.00. The third-order valence-electron chi connectivity index (χ3n) is 1.01. The molecule has 4 heteroatoms. The van der Waals surface area contributed by atoms with Crippen LogP contribution in [0.5, 0.6) is 0 Å². The van der Waals surface area contributed by atoms with E-state index in [1.54, 1.807) is 0 Å². The Kier molecular flexibility index (Phi) is 9.44. The Morgan fingerprint density at radius 1 is 1.00 bits per heavy atom. The second-order valence-electron chi connectivity index (χ2n) is 1.94. The van der Waals surface area contributed by atoms with Gasteiger partial charge >= 0.3 is 0 Å². The summed E-state index contributed by atoms with van der Waals surface area (Å²) in [6.07, 6.45) is 0. The van der Waals surface area contributed by atoms with E-state index in [9.17, 15) is 0 Å². The smallest absolute Gasteiger partial charge is 0.00748 e. The average molecular weight is 163 g/mol. The van der Waals surface area contributed by atoms with Crippen LogP contribution in [0.3, 0.4) is 0 Å². The molecule has 0 aromatic carbocycles. The van der Waals surface area contributed by atoms with Crippen LogP contribution in [0.1, 0.15) is 0 Å². The lowest BCUT2D eigenvalue weighted by Crippen LogP contribution is -2.24. The van der Waals surface area contributed by atoms with Crippen LogP contribution < -0.4 is 16.8 Å². The summed E-state index contributed by atoms with van der Waals surface area (Å²) in [5.74, 6) is 2.20. The van der Waals surface area contributed by atoms with Gasteiger partial charge < -0.3 is 16.8 Å². The molecule has 0 saturated heterocycles. The average Bonchev–Trinajstić information content (AvgIpc) is 1.97. The first-order valence-electron chi connectivity index (χ1n) is 3.60. The molecule has 0 aliphatic carbocycles. The van der Waals surface area contributed by atoms with Crippen LogP contribution in [-0.4, -0.2) is 37.7 Å². The molecule has 0 fully saturated rings. The van der Waals surface area contributed by atoms with Crippen molar-refractivity contribution in [1.29, 1.82) is 0 Å². The van der Waals surface area contributed by atoms with Gasteiger partial charge in [0.15, 0.2) is 0 Å². The number of hydrogen-bond acceptors (Lipinski definition) is 4. The largest absolute Gasteiger partial charge is 0.330 e. The molecule has 0 unspecified atom stereocenters. The van der Waals surface area contributed by atoms with Crippen LogP contribution in [0.4, 0.5) is 0 Å². The Hall–Kier alpha value is 0.230. The molecule has 0 atom stereocenters. The van der Waals surface area contributed by atoms with Gasteiger partial charge in [-0.15, -0.1) is 0 Å². The van der Waals surface area contributed by atoms with E-state index in [1.807, 2.05) is 11.8 Å². The zero-order valence-electron chi connectivity index (χ0n) is 6.31. The van der Waals surface area contributed by atoms with Crippen molar-refractivity contribution >= 4 is 11.8 Å². The first kappa shape index (κ1) is 10.2. The maximum atomic E-state index is 5.31. The van der Waals surface area contributed by atoms with E-state index in [0.717, 1.165) is 37.7 Å². The Balaban J connectivity index is 2.65. The monoisotopic (exact) mass is 163 g/mol. The quantitative estimate of drug-likeness (QED) is 0.431. The van der Waals surface area contributed by atoms with Crippen molar-refractivity contribution in [3.05, 3.63) is 0 Å². The van der Waals surface area contributed by atoms with Crippen LogP contribution in [0.15, 0.2) is 0 Å². The van der Waals surface area contributed by atoms with Crippen LogP contribution in [0.25, 0.3) is 0 Å². The first-order valence-corrected chi connectivity index (χ1v) is 4.76. The predicted octanol–water partition coefficient (Wildman–Crippen LogP) is -0.773. The first-order chi connectivity index (χ1) is 4.91. The van der Waals surface area contributed by atoms with E-state index < -0.39 is 0 Å². The normalized spacial score (nSPS) is 10.2. The molecule has 0 aromatic rings. The summed E-state index contributed by atoms with van der Waals surface area (Å²) in [4.78, 5) is 0. The minimum atomic E-state index is 0.724. The number of rotatable bonds is 7. The molecule has 62 valence electrons. The van der Waals surface area contributed by atoms with E-state index in [4.69, 9.17) is 11.5 Å². The SMILES string of the molecule is NCCNCCSCCN. The lowest BCUT2D eigenvalue weighted by molar-refractivity contribution is 0.729. The summed E-state index contributed by atoms with van der Waals surface area (Å²) in [6, 6.07) is 0. The molecule has 0 aliphatic rings. The van der Waals surface area contributed by atoms with Crippen LogP contribution in [0, 0.1) is 0 Å². The van der Waals surface area contributed by atoms with E-state index in [2.05, 4.69) is 5.32 Å². The molecule has 10 heavy (non-hydrogen) atoms. The molecule has 0 amide bonds. The molecule has 0 radical (unpaired) electrons. The highest BCUT2D eigenvalue weighted by molar-refractivity contribution is 7.99. The Labute approximate surface area is 66.9 Å². The van der Waals surface area contributed by atoms with Gasteiger partial charge in [0.1, 0.15) is 0 Å². The van der Waals surface area contributed by atoms with E-state index in [-0.39, 0.29) is 0 Å². The summed E-state index contributed by atoms with van der Waals surface area (Å²) >= 11 is 1.88. The highest BCUT2D eigenvalue weighted by Crippen LogP contribution is 1.94. The van der Waals surface area contributed by atoms with Crippen molar-refractivity contribution in [2.45, 2.75) is 0 Å². The summed E-state index contributed by atoms with van der Waals surface area (Å²) in [5, 5.41) is 3.21. The van der Waals surface area contributed by atoms with Crippen molar-refractivity contribution in [1.82, 2.24) is 5.32 Å².